The molecule has 1 amide bonds. The number of nitrogens with two attached hydrogens (primary N) is 1. The summed E-state index contributed by atoms with van der Waals surface area (Å²) in [5, 5.41) is 10.9. The third-order valence-corrected chi connectivity index (χ3v) is 3.30. The van der Waals surface area contributed by atoms with Crippen molar-refractivity contribution >= 4 is 5.91 Å². The standard InChI is InChI=1S/C13H18N4O/c14-5-6-16-13(18)9-17-7-10-3-1-2-4-12(15)11(10)8-17/h7-8,12H,1-4,6,9,15H2,(H,16,18). The highest BCUT2D eigenvalue weighted by atomic mass is 16.1. The number of carbonyl (C=O) groups is 1. The molecule has 0 radical (unpaired) electrons. The lowest BCUT2D eigenvalue weighted by Crippen LogP contribution is -2.27. The van der Waals surface area contributed by atoms with Crippen molar-refractivity contribution in [2.24, 2.45) is 5.73 Å². The first-order valence-corrected chi connectivity index (χ1v) is 6.28. The fourth-order valence-electron chi connectivity index (χ4n) is 2.40. The molecule has 1 aromatic rings. The van der Waals surface area contributed by atoms with E-state index in [-0.39, 0.29) is 25.0 Å². The van der Waals surface area contributed by atoms with Crippen LogP contribution >= 0.6 is 0 Å². The van der Waals surface area contributed by atoms with Crippen molar-refractivity contribution in [3.8, 4) is 6.07 Å². The number of hydrogen-bond donors (Lipinski definition) is 2. The van der Waals surface area contributed by atoms with Gasteiger partial charge in [0.05, 0.1) is 6.07 Å². The summed E-state index contributed by atoms with van der Waals surface area (Å²) in [6, 6.07) is 1.98. The SMILES string of the molecule is N#CCNC(=O)Cn1cc2c(c1)C(N)CCCC2. The number of nitrogens with zero attached hydrogens (tertiary/aromatic N) is 2. The normalized spacial score (nSPS) is 18.6. The Labute approximate surface area is 107 Å². The van der Waals surface area contributed by atoms with Gasteiger partial charge in [-0.25, -0.2) is 0 Å². The van der Waals surface area contributed by atoms with E-state index in [4.69, 9.17) is 11.0 Å². The lowest BCUT2D eigenvalue weighted by atomic mass is 10.1. The quantitative estimate of drug-likeness (QED) is 0.612. The van der Waals surface area contributed by atoms with E-state index in [2.05, 4.69) is 5.32 Å². The molecule has 1 unspecified atom stereocenters. The number of nitriles is 1. The van der Waals surface area contributed by atoms with Crippen LogP contribution in [0.1, 0.15) is 36.4 Å². The van der Waals surface area contributed by atoms with Crippen molar-refractivity contribution in [2.45, 2.75) is 38.3 Å². The van der Waals surface area contributed by atoms with Crippen LogP contribution in [0.3, 0.4) is 0 Å². The van der Waals surface area contributed by atoms with Crippen LogP contribution in [0.5, 0.6) is 0 Å². The maximum Gasteiger partial charge on any atom is 0.240 e. The van der Waals surface area contributed by atoms with Gasteiger partial charge in [-0.15, -0.1) is 0 Å². The maximum absolute atomic E-state index is 11.5. The monoisotopic (exact) mass is 246 g/mol. The van der Waals surface area contributed by atoms with E-state index in [1.807, 2.05) is 23.0 Å². The first-order chi connectivity index (χ1) is 8.70. The van der Waals surface area contributed by atoms with Gasteiger partial charge in [-0.2, -0.15) is 5.26 Å². The molecule has 1 aliphatic rings. The second-order valence-electron chi connectivity index (χ2n) is 4.70. The molecule has 0 saturated heterocycles. The van der Waals surface area contributed by atoms with Crippen LogP contribution in [-0.2, 0) is 17.8 Å². The average Bonchev–Trinajstić information content (AvgIpc) is 2.67. The summed E-state index contributed by atoms with van der Waals surface area (Å²) in [7, 11) is 0. The van der Waals surface area contributed by atoms with Gasteiger partial charge < -0.3 is 15.6 Å². The zero-order chi connectivity index (χ0) is 13.0. The van der Waals surface area contributed by atoms with E-state index in [0.29, 0.717) is 0 Å². The van der Waals surface area contributed by atoms with Crippen molar-refractivity contribution in [1.29, 1.82) is 5.26 Å². The van der Waals surface area contributed by atoms with Gasteiger partial charge in [0.15, 0.2) is 0 Å². The minimum atomic E-state index is -0.143. The van der Waals surface area contributed by atoms with Crippen LogP contribution in [0.4, 0.5) is 0 Å². The van der Waals surface area contributed by atoms with Crippen LogP contribution in [0.25, 0.3) is 0 Å². The Morgan fingerprint density at radius 1 is 1.56 bits per heavy atom. The molecule has 0 saturated carbocycles. The predicted molar refractivity (Wildman–Crippen MR) is 67.5 cm³/mol. The molecule has 96 valence electrons. The third kappa shape index (κ3) is 2.90. The largest absolute Gasteiger partial charge is 0.344 e. The Hall–Kier alpha value is -1.80. The smallest absolute Gasteiger partial charge is 0.240 e. The third-order valence-electron chi connectivity index (χ3n) is 3.30. The summed E-state index contributed by atoms with van der Waals surface area (Å²) in [6.07, 6.45) is 8.35. The molecule has 0 bridgehead atoms. The fraction of sp³-hybridized carbons (Fsp3) is 0.538. The summed E-state index contributed by atoms with van der Waals surface area (Å²) in [6.45, 7) is 0.306. The van der Waals surface area contributed by atoms with E-state index >= 15 is 0 Å². The highest BCUT2D eigenvalue weighted by Gasteiger charge is 2.17. The summed E-state index contributed by atoms with van der Waals surface area (Å²) >= 11 is 0. The molecule has 2 rings (SSSR count). The number of hydrogen-bond acceptors (Lipinski definition) is 3. The summed E-state index contributed by atoms with van der Waals surface area (Å²) in [5.41, 5.74) is 8.54. The van der Waals surface area contributed by atoms with Gasteiger partial charge in [-0.3, -0.25) is 4.79 Å². The second-order valence-corrected chi connectivity index (χ2v) is 4.70. The highest BCUT2D eigenvalue weighted by Crippen LogP contribution is 2.27. The van der Waals surface area contributed by atoms with Crippen molar-refractivity contribution in [2.75, 3.05) is 6.54 Å². The van der Waals surface area contributed by atoms with Crippen LogP contribution in [0, 0.1) is 11.3 Å². The van der Waals surface area contributed by atoms with E-state index in [9.17, 15) is 4.79 Å². The summed E-state index contributed by atoms with van der Waals surface area (Å²) < 4.78 is 1.86. The van der Waals surface area contributed by atoms with Gasteiger partial charge in [-0.05, 0) is 30.4 Å². The van der Waals surface area contributed by atoms with Gasteiger partial charge in [0.25, 0.3) is 0 Å². The molecular formula is C13H18N4O. The molecule has 3 N–H and O–H groups in total. The fourth-order valence-corrected chi connectivity index (χ4v) is 2.40. The highest BCUT2D eigenvalue weighted by molar-refractivity contribution is 5.76. The minimum absolute atomic E-state index is 0.0549. The zero-order valence-electron chi connectivity index (χ0n) is 10.4. The molecule has 5 heteroatoms. The van der Waals surface area contributed by atoms with E-state index in [0.717, 1.165) is 19.3 Å². The van der Waals surface area contributed by atoms with Gasteiger partial charge in [0, 0.05) is 18.4 Å². The predicted octanol–water partition coefficient (Wildman–Crippen LogP) is 0.854. The first kappa shape index (κ1) is 12.7. The molecule has 0 fully saturated rings. The van der Waals surface area contributed by atoms with Gasteiger partial charge in [0.2, 0.25) is 5.91 Å². The lowest BCUT2D eigenvalue weighted by Gasteiger charge is -2.07. The van der Waals surface area contributed by atoms with E-state index in [1.165, 1.54) is 17.5 Å². The van der Waals surface area contributed by atoms with Crippen molar-refractivity contribution in [1.82, 2.24) is 9.88 Å². The van der Waals surface area contributed by atoms with Crippen molar-refractivity contribution < 1.29 is 4.79 Å². The number of rotatable bonds is 3. The molecule has 0 spiro atoms. The second kappa shape index (κ2) is 5.69. The molecule has 0 aromatic carbocycles. The summed E-state index contributed by atoms with van der Waals surface area (Å²) in [4.78, 5) is 11.5. The average molecular weight is 246 g/mol. The minimum Gasteiger partial charge on any atom is -0.344 e. The number of amides is 1. The first-order valence-electron chi connectivity index (χ1n) is 6.28. The van der Waals surface area contributed by atoms with Gasteiger partial charge in [-0.1, -0.05) is 6.42 Å². The molecule has 1 aliphatic carbocycles. The Kier molecular flexibility index (Phi) is 4.00. The van der Waals surface area contributed by atoms with E-state index in [1.54, 1.807) is 0 Å². The number of carbonyl (C=O) groups excluding carboxylic acids is 1. The Bertz CT molecular complexity index is 472. The lowest BCUT2D eigenvalue weighted by molar-refractivity contribution is -0.121. The zero-order valence-corrected chi connectivity index (χ0v) is 10.4. The molecule has 18 heavy (non-hydrogen) atoms. The Balaban J connectivity index is 2.05. The summed E-state index contributed by atoms with van der Waals surface area (Å²) in [5.74, 6) is -0.143. The number of nitrogens with one attached hydrogen (secondary N) is 1. The van der Waals surface area contributed by atoms with Gasteiger partial charge in [0.1, 0.15) is 13.1 Å². The number of aromatic nitrogens is 1. The molecule has 1 aromatic heterocycles. The number of fused-ring (bicyclic) bond motifs is 1. The number of aryl methyl sites for hydroxylation is 1. The van der Waals surface area contributed by atoms with Crippen LogP contribution < -0.4 is 11.1 Å². The topological polar surface area (TPSA) is 83.8 Å². The van der Waals surface area contributed by atoms with Crippen LogP contribution in [0.2, 0.25) is 0 Å². The maximum atomic E-state index is 11.5. The van der Waals surface area contributed by atoms with Crippen LogP contribution in [-0.4, -0.2) is 17.0 Å². The van der Waals surface area contributed by atoms with Crippen molar-refractivity contribution in [3.05, 3.63) is 23.5 Å². The Morgan fingerprint density at radius 2 is 2.39 bits per heavy atom. The molecular weight excluding hydrogens is 228 g/mol. The molecule has 1 heterocycles. The Morgan fingerprint density at radius 3 is 3.17 bits per heavy atom. The van der Waals surface area contributed by atoms with E-state index < -0.39 is 0 Å². The van der Waals surface area contributed by atoms with Gasteiger partial charge >= 0.3 is 0 Å². The van der Waals surface area contributed by atoms with Crippen molar-refractivity contribution in [3.63, 3.8) is 0 Å². The molecule has 5 nitrogen and oxygen atoms in total. The van der Waals surface area contributed by atoms with Crippen LogP contribution in [0.15, 0.2) is 12.4 Å². The molecule has 1 atom stereocenters. The molecule has 0 aliphatic heterocycles.